The lowest BCUT2D eigenvalue weighted by Crippen LogP contribution is -2.49. The van der Waals surface area contributed by atoms with Gasteiger partial charge in [0.1, 0.15) is 0 Å². The minimum absolute atomic E-state index is 0.128. The van der Waals surface area contributed by atoms with E-state index in [1.54, 1.807) is 26.2 Å². The largest absolute Gasteiger partial charge is 0.354 e. The highest BCUT2D eigenvalue weighted by atomic mass is 16.2. The third kappa shape index (κ3) is 4.08. The molecule has 4 nitrogen and oxygen atoms in total. The van der Waals surface area contributed by atoms with Gasteiger partial charge in [-0.15, -0.1) is 0 Å². The highest BCUT2D eigenvalue weighted by Crippen LogP contribution is 1.98. The lowest BCUT2D eigenvalue weighted by molar-refractivity contribution is -0.125. The number of nitrogens with two attached hydrogens (primary N) is 1. The minimum atomic E-state index is -0.807. The van der Waals surface area contributed by atoms with Crippen LogP contribution >= 0.6 is 0 Å². The molecule has 0 spiro atoms. The van der Waals surface area contributed by atoms with E-state index in [-0.39, 0.29) is 5.91 Å². The van der Waals surface area contributed by atoms with Crippen molar-refractivity contribution in [3.63, 3.8) is 0 Å². The number of hydrogen-bond acceptors (Lipinski definition) is 3. The molecule has 0 radical (unpaired) electrons. The Morgan fingerprint density at radius 3 is 2.60 bits per heavy atom. The molecule has 0 atom stereocenters. The lowest BCUT2D eigenvalue weighted by atomic mass is 10.1. The number of nitrogens with one attached hydrogen (secondary N) is 1. The summed E-state index contributed by atoms with van der Waals surface area (Å²) in [7, 11) is 0. The smallest absolute Gasteiger partial charge is 0.239 e. The molecule has 15 heavy (non-hydrogen) atoms. The van der Waals surface area contributed by atoms with Gasteiger partial charge in [0.2, 0.25) is 5.91 Å². The van der Waals surface area contributed by atoms with Crippen LogP contribution in [0.3, 0.4) is 0 Å². The molecule has 0 bridgehead atoms. The van der Waals surface area contributed by atoms with Crippen LogP contribution < -0.4 is 11.1 Å². The van der Waals surface area contributed by atoms with Gasteiger partial charge in [-0.1, -0.05) is 0 Å². The predicted octanol–water partition coefficient (Wildman–Crippen LogP) is 0.478. The van der Waals surface area contributed by atoms with Crippen molar-refractivity contribution in [2.24, 2.45) is 5.73 Å². The number of carbonyl (C=O) groups is 1. The summed E-state index contributed by atoms with van der Waals surface area (Å²) in [6.07, 6.45) is 4.28. The maximum absolute atomic E-state index is 11.4. The summed E-state index contributed by atoms with van der Waals surface area (Å²) in [5.74, 6) is -0.128. The Labute approximate surface area is 89.9 Å². The summed E-state index contributed by atoms with van der Waals surface area (Å²) in [5.41, 5.74) is 5.98. The summed E-state index contributed by atoms with van der Waals surface area (Å²) >= 11 is 0. The fourth-order valence-electron chi connectivity index (χ4n) is 1.10. The molecule has 0 saturated heterocycles. The van der Waals surface area contributed by atoms with E-state index in [0.29, 0.717) is 6.54 Å². The lowest BCUT2D eigenvalue weighted by Gasteiger charge is -2.17. The average molecular weight is 207 g/mol. The van der Waals surface area contributed by atoms with Gasteiger partial charge in [0.25, 0.3) is 0 Å². The van der Waals surface area contributed by atoms with Crippen LogP contribution in [0.15, 0.2) is 24.5 Å². The van der Waals surface area contributed by atoms with E-state index in [4.69, 9.17) is 5.73 Å². The van der Waals surface area contributed by atoms with Gasteiger partial charge < -0.3 is 11.1 Å². The summed E-state index contributed by atoms with van der Waals surface area (Å²) in [6, 6.07) is 3.86. The van der Waals surface area contributed by atoms with Crippen LogP contribution in [0.5, 0.6) is 0 Å². The van der Waals surface area contributed by atoms with Gasteiger partial charge >= 0.3 is 0 Å². The third-order valence-corrected chi connectivity index (χ3v) is 2.03. The Balaban J connectivity index is 2.32. The summed E-state index contributed by atoms with van der Waals surface area (Å²) in [6.45, 7) is 3.98. The van der Waals surface area contributed by atoms with Crippen molar-refractivity contribution in [2.75, 3.05) is 6.54 Å². The number of hydrogen-bond donors (Lipinski definition) is 2. The zero-order valence-electron chi connectivity index (χ0n) is 9.16. The van der Waals surface area contributed by atoms with E-state index >= 15 is 0 Å². The Hall–Kier alpha value is -1.42. The maximum Gasteiger partial charge on any atom is 0.239 e. The predicted molar refractivity (Wildman–Crippen MR) is 59.2 cm³/mol. The van der Waals surface area contributed by atoms with Crippen molar-refractivity contribution in [1.29, 1.82) is 0 Å². The van der Waals surface area contributed by atoms with Gasteiger partial charge in [0, 0.05) is 18.9 Å². The standard InChI is InChI=1S/C11H17N3O/c1-11(2,12)10(15)14-8-5-9-3-6-13-7-4-9/h3-4,6-7H,5,8,12H2,1-2H3,(H,14,15). The molecule has 0 aliphatic rings. The second kappa shape index (κ2) is 4.89. The molecule has 0 aliphatic heterocycles. The van der Waals surface area contributed by atoms with Gasteiger partial charge in [-0.3, -0.25) is 9.78 Å². The van der Waals surface area contributed by atoms with Crippen molar-refractivity contribution in [3.05, 3.63) is 30.1 Å². The van der Waals surface area contributed by atoms with Crippen molar-refractivity contribution >= 4 is 5.91 Å². The molecule has 1 rings (SSSR count). The zero-order chi connectivity index (χ0) is 11.3. The van der Waals surface area contributed by atoms with Crippen LogP contribution in [-0.2, 0) is 11.2 Å². The fraction of sp³-hybridized carbons (Fsp3) is 0.455. The topological polar surface area (TPSA) is 68.0 Å². The molecule has 0 unspecified atom stereocenters. The molecule has 0 fully saturated rings. The molecule has 0 saturated carbocycles. The van der Waals surface area contributed by atoms with E-state index in [0.717, 1.165) is 12.0 Å². The molecular weight excluding hydrogens is 190 g/mol. The molecule has 82 valence electrons. The van der Waals surface area contributed by atoms with E-state index in [9.17, 15) is 4.79 Å². The average Bonchev–Trinajstić information content (AvgIpc) is 2.18. The van der Waals surface area contributed by atoms with Gasteiger partial charge in [-0.2, -0.15) is 0 Å². The van der Waals surface area contributed by atoms with Gasteiger partial charge in [-0.05, 0) is 38.0 Å². The first kappa shape index (κ1) is 11.7. The van der Waals surface area contributed by atoms with Gasteiger partial charge in [0.05, 0.1) is 5.54 Å². The number of rotatable bonds is 4. The molecular formula is C11H17N3O. The van der Waals surface area contributed by atoms with Crippen LogP contribution in [-0.4, -0.2) is 23.0 Å². The Morgan fingerprint density at radius 1 is 1.47 bits per heavy atom. The van der Waals surface area contributed by atoms with Gasteiger partial charge in [0.15, 0.2) is 0 Å². The Kier molecular flexibility index (Phi) is 3.80. The van der Waals surface area contributed by atoms with E-state index in [2.05, 4.69) is 10.3 Å². The Bertz CT molecular complexity index is 316. The monoisotopic (exact) mass is 207 g/mol. The second-order valence-electron chi connectivity index (χ2n) is 4.08. The van der Waals surface area contributed by atoms with Crippen molar-refractivity contribution < 1.29 is 4.79 Å². The number of nitrogens with zero attached hydrogens (tertiary/aromatic N) is 1. The molecule has 0 aromatic carbocycles. The van der Waals surface area contributed by atoms with E-state index in [1.165, 1.54) is 0 Å². The van der Waals surface area contributed by atoms with E-state index < -0.39 is 5.54 Å². The first-order valence-corrected chi connectivity index (χ1v) is 4.96. The molecule has 1 heterocycles. The van der Waals surface area contributed by atoms with E-state index in [1.807, 2.05) is 12.1 Å². The number of carbonyl (C=O) groups excluding carboxylic acids is 1. The highest BCUT2D eigenvalue weighted by Gasteiger charge is 2.20. The molecule has 0 aliphatic carbocycles. The number of amides is 1. The minimum Gasteiger partial charge on any atom is -0.354 e. The van der Waals surface area contributed by atoms with Crippen LogP contribution in [0, 0.1) is 0 Å². The quantitative estimate of drug-likeness (QED) is 0.754. The fourth-order valence-corrected chi connectivity index (χ4v) is 1.10. The van der Waals surface area contributed by atoms with Crippen LogP contribution in [0.4, 0.5) is 0 Å². The molecule has 1 amide bonds. The Morgan fingerprint density at radius 2 is 2.07 bits per heavy atom. The number of pyridine rings is 1. The summed E-state index contributed by atoms with van der Waals surface area (Å²) in [5, 5.41) is 2.79. The number of aromatic nitrogens is 1. The second-order valence-corrected chi connectivity index (χ2v) is 4.08. The summed E-state index contributed by atoms with van der Waals surface area (Å²) in [4.78, 5) is 15.3. The zero-order valence-corrected chi connectivity index (χ0v) is 9.16. The van der Waals surface area contributed by atoms with Crippen LogP contribution in [0.25, 0.3) is 0 Å². The molecule has 1 aromatic rings. The first-order valence-electron chi connectivity index (χ1n) is 4.96. The SMILES string of the molecule is CC(C)(N)C(=O)NCCc1ccncc1. The van der Waals surface area contributed by atoms with Crippen LogP contribution in [0.2, 0.25) is 0 Å². The van der Waals surface area contributed by atoms with Crippen molar-refractivity contribution in [1.82, 2.24) is 10.3 Å². The third-order valence-electron chi connectivity index (χ3n) is 2.03. The highest BCUT2D eigenvalue weighted by molar-refractivity contribution is 5.84. The molecule has 4 heteroatoms. The summed E-state index contributed by atoms with van der Waals surface area (Å²) < 4.78 is 0. The maximum atomic E-state index is 11.4. The first-order chi connectivity index (χ1) is 7.00. The van der Waals surface area contributed by atoms with Crippen molar-refractivity contribution in [2.45, 2.75) is 25.8 Å². The normalized spacial score (nSPS) is 11.1. The van der Waals surface area contributed by atoms with Crippen LogP contribution in [0.1, 0.15) is 19.4 Å². The molecule has 3 N–H and O–H groups in total. The van der Waals surface area contributed by atoms with Crippen molar-refractivity contribution in [3.8, 4) is 0 Å². The van der Waals surface area contributed by atoms with Gasteiger partial charge in [-0.25, -0.2) is 0 Å². The molecule has 1 aromatic heterocycles.